The van der Waals surface area contributed by atoms with Crippen molar-refractivity contribution in [1.82, 2.24) is 0 Å². The first-order valence-corrected chi connectivity index (χ1v) is 11.8. The monoisotopic (exact) mass is 410 g/mol. The van der Waals surface area contributed by atoms with Crippen LogP contribution in [0.3, 0.4) is 0 Å². The number of ether oxygens (including phenoxy) is 1. The average Bonchev–Trinajstić information content (AvgIpc) is 2.69. The molecule has 29 heavy (non-hydrogen) atoms. The fraction of sp³-hybridized carbons (Fsp3) is 0.333. The van der Waals surface area contributed by atoms with E-state index in [1.807, 2.05) is 0 Å². The van der Waals surface area contributed by atoms with Crippen LogP contribution in [0.1, 0.15) is 33.6 Å². The van der Waals surface area contributed by atoms with Crippen molar-refractivity contribution in [1.29, 1.82) is 0 Å². The van der Waals surface area contributed by atoms with Gasteiger partial charge in [-0.2, -0.15) is 0 Å². The van der Waals surface area contributed by atoms with Crippen LogP contribution in [0.2, 0.25) is 5.54 Å². The second-order valence-electron chi connectivity index (χ2n) is 8.25. The lowest BCUT2D eigenvalue weighted by atomic mass is 9.89. The molecule has 0 spiro atoms. The van der Waals surface area contributed by atoms with Crippen LogP contribution in [0.15, 0.2) is 72.8 Å². The molecule has 0 fully saturated rings. The minimum absolute atomic E-state index is 0.107. The van der Waals surface area contributed by atoms with Gasteiger partial charge in [-0.1, -0.05) is 91.8 Å². The van der Waals surface area contributed by atoms with E-state index in [-0.39, 0.29) is 5.41 Å². The predicted octanol–water partition coefficient (Wildman–Crippen LogP) is 3.41. The van der Waals surface area contributed by atoms with Gasteiger partial charge in [0.2, 0.25) is 0 Å². The molecule has 2 aromatic carbocycles. The van der Waals surface area contributed by atoms with E-state index in [1.165, 1.54) is 10.4 Å². The predicted molar refractivity (Wildman–Crippen MR) is 119 cm³/mol. The zero-order chi connectivity index (χ0) is 21.3. The zero-order valence-corrected chi connectivity index (χ0v) is 18.5. The Labute approximate surface area is 174 Å². The van der Waals surface area contributed by atoms with E-state index in [2.05, 4.69) is 81.4 Å². The third-order valence-electron chi connectivity index (χ3n) is 5.10. The number of aliphatic carboxylic acids is 1. The number of benzene rings is 2. The summed E-state index contributed by atoms with van der Waals surface area (Å²) in [4.78, 5) is 22.1. The smallest absolute Gasteiger partial charge is 0.331 e. The molecule has 1 unspecified atom stereocenters. The van der Waals surface area contributed by atoms with Crippen molar-refractivity contribution < 1.29 is 19.4 Å². The van der Waals surface area contributed by atoms with Crippen molar-refractivity contribution in [2.75, 3.05) is 6.61 Å². The molecule has 0 saturated heterocycles. The maximum absolute atomic E-state index is 11.6. The van der Waals surface area contributed by atoms with Crippen molar-refractivity contribution in [2.45, 2.75) is 39.2 Å². The number of carboxylic acid groups (broad SMARTS) is 1. The molecule has 1 atom stereocenters. The largest absolute Gasteiger partial charge is 0.478 e. The fourth-order valence-corrected chi connectivity index (χ4v) is 7.90. The Morgan fingerprint density at radius 3 is 1.93 bits per heavy atom. The summed E-state index contributed by atoms with van der Waals surface area (Å²) >= 11 is 0. The van der Waals surface area contributed by atoms with E-state index in [9.17, 15) is 9.59 Å². The second kappa shape index (κ2) is 10.8. The molecule has 0 saturated carbocycles. The Morgan fingerprint density at radius 1 is 0.966 bits per heavy atom. The summed E-state index contributed by atoms with van der Waals surface area (Å²) in [5, 5.41) is 11.4. The first-order valence-electron chi connectivity index (χ1n) is 9.96. The summed E-state index contributed by atoms with van der Waals surface area (Å²) < 4.78 is 5.17. The van der Waals surface area contributed by atoms with Crippen LogP contribution in [-0.4, -0.2) is 32.4 Å². The van der Waals surface area contributed by atoms with E-state index in [1.54, 1.807) is 0 Å². The van der Waals surface area contributed by atoms with Gasteiger partial charge in [0.05, 0.1) is 6.61 Å². The standard InChI is InChI=1S/C24H30O4Si/c1-24(2,3)21(15-10-18-28-23(27)17-16-22(25)26)29(19-11-6-4-7-12-19)20-13-8-5-9-14-20/h4-9,11-14,16-17,21,29H,10,15,18H2,1-3H3,(H,25,26)/b17-16-. The average molecular weight is 411 g/mol. The molecule has 0 radical (unpaired) electrons. The van der Waals surface area contributed by atoms with Crippen LogP contribution in [0.5, 0.6) is 0 Å². The van der Waals surface area contributed by atoms with E-state index in [0.29, 0.717) is 12.1 Å². The maximum atomic E-state index is 11.6. The third kappa shape index (κ3) is 7.35. The number of carbonyl (C=O) groups is 2. The highest BCUT2D eigenvalue weighted by molar-refractivity contribution is 6.86. The molecular formula is C24H30O4Si. The molecule has 154 valence electrons. The SMILES string of the molecule is CC(C)(C)C(CCCOC(=O)/C=C\C(=O)O)[SiH](c1ccccc1)c1ccccc1. The van der Waals surface area contributed by atoms with Gasteiger partial charge in [-0.25, -0.2) is 9.59 Å². The summed E-state index contributed by atoms with van der Waals surface area (Å²) in [5.41, 5.74) is 0.580. The number of hydrogen-bond acceptors (Lipinski definition) is 3. The Bertz CT molecular complexity index is 770. The Morgan fingerprint density at radius 2 is 1.48 bits per heavy atom. The van der Waals surface area contributed by atoms with Gasteiger partial charge >= 0.3 is 11.9 Å². The van der Waals surface area contributed by atoms with Crippen LogP contribution in [0.25, 0.3) is 0 Å². The zero-order valence-electron chi connectivity index (χ0n) is 17.4. The summed E-state index contributed by atoms with van der Waals surface area (Å²) in [6.07, 6.45) is 3.45. The van der Waals surface area contributed by atoms with Gasteiger partial charge in [-0.05, 0) is 23.8 Å². The molecule has 1 N–H and O–H groups in total. The van der Waals surface area contributed by atoms with Gasteiger partial charge in [-0.15, -0.1) is 0 Å². The molecule has 0 aromatic heterocycles. The van der Waals surface area contributed by atoms with Gasteiger partial charge in [0.1, 0.15) is 8.80 Å². The molecule has 5 heteroatoms. The van der Waals surface area contributed by atoms with Gasteiger partial charge in [0, 0.05) is 12.2 Å². The summed E-state index contributed by atoms with van der Waals surface area (Å²) in [6, 6.07) is 21.5. The lowest BCUT2D eigenvalue weighted by molar-refractivity contribution is -0.138. The molecule has 0 heterocycles. The molecule has 2 rings (SSSR count). The van der Waals surface area contributed by atoms with Crippen LogP contribution in [0, 0.1) is 5.41 Å². The molecule has 2 aromatic rings. The minimum atomic E-state index is -1.52. The number of carbonyl (C=O) groups excluding carboxylic acids is 1. The van der Waals surface area contributed by atoms with Crippen molar-refractivity contribution in [3.63, 3.8) is 0 Å². The number of rotatable bonds is 9. The highest BCUT2D eigenvalue weighted by Crippen LogP contribution is 2.37. The molecule has 0 bridgehead atoms. The molecule has 0 amide bonds. The number of carboxylic acids is 1. The van der Waals surface area contributed by atoms with Gasteiger partial charge in [-0.3, -0.25) is 0 Å². The normalized spacial score (nSPS) is 12.8. The van der Waals surface area contributed by atoms with Crippen LogP contribution >= 0.6 is 0 Å². The Kier molecular flexibility index (Phi) is 8.40. The van der Waals surface area contributed by atoms with Gasteiger partial charge in [0.25, 0.3) is 0 Å². The minimum Gasteiger partial charge on any atom is -0.478 e. The van der Waals surface area contributed by atoms with E-state index in [0.717, 1.165) is 25.0 Å². The molecule has 0 aliphatic heterocycles. The molecule has 0 aliphatic carbocycles. The van der Waals surface area contributed by atoms with Gasteiger partial charge in [0.15, 0.2) is 0 Å². The van der Waals surface area contributed by atoms with E-state index in [4.69, 9.17) is 9.84 Å². The van der Waals surface area contributed by atoms with E-state index >= 15 is 0 Å². The Balaban J connectivity index is 2.16. The number of esters is 1. The van der Waals surface area contributed by atoms with Gasteiger partial charge < -0.3 is 9.84 Å². The summed E-state index contributed by atoms with van der Waals surface area (Å²) in [7, 11) is -1.52. The summed E-state index contributed by atoms with van der Waals surface area (Å²) in [6.45, 7) is 7.14. The van der Waals surface area contributed by atoms with Crippen LogP contribution in [0.4, 0.5) is 0 Å². The maximum Gasteiger partial charge on any atom is 0.331 e. The molecular weight excluding hydrogens is 380 g/mol. The van der Waals surface area contributed by atoms with E-state index < -0.39 is 20.7 Å². The first kappa shape index (κ1) is 22.6. The summed E-state index contributed by atoms with van der Waals surface area (Å²) in [5.74, 6) is -1.77. The lowest BCUT2D eigenvalue weighted by Gasteiger charge is -2.37. The lowest BCUT2D eigenvalue weighted by Crippen LogP contribution is -2.49. The third-order valence-corrected chi connectivity index (χ3v) is 9.44. The number of hydrogen-bond donors (Lipinski definition) is 1. The fourth-order valence-electron chi connectivity index (χ4n) is 3.74. The Hall–Kier alpha value is -2.66. The van der Waals surface area contributed by atoms with Crippen LogP contribution < -0.4 is 10.4 Å². The first-order chi connectivity index (χ1) is 13.8. The quantitative estimate of drug-likeness (QED) is 0.298. The highest BCUT2D eigenvalue weighted by Gasteiger charge is 2.35. The topological polar surface area (TPSA) is 63.6 Å². The van der Waals surface area contributed by atoms with Crippen LogP contribution in [-0.2, 0) is 14.3 Å². The molecule has 0 aliphatic rings. The van der Waals surface area contributed by atoms with Crippen molar-refractivity contribution in [3.05, 3.63) is 72.8 Å². The van der Waals surface area contributed by atoms with Crippen molar-refractivity contribution in [2.24, 2.45) is 5.41 Å². The highest BCUT2D eigenvalue weighted by atomic mass is 28.3. The van der Waals surface area contributed by atoms with Crippen molar-refractivity contribution in [3.8, 4) is 0 Å². The molecule has 4 nitrogen and oxygen atoms in total. The second-order valence-corrected chi connectivity index (χ2v) is 11.3. The van der Waals surface area contributed by atoms with Crippen molar-refractivity contribution >= 4 is 31.1 Å².